The van der Waals surface area contributed by atoms with Crippen molar-refractivity contribution in [2.24, 2.45) is 11.8 Å². The summed E-state index contributed by atoms with van der Waals surface area (Å²) in [6.07, 6.45) is 6.22. The Morgan fingerprint density at radius 2 is 1.92 bits per heavy atom. The molecule has 1 N–H and O–H groups in total. The van der Waals surface area contributed by atoms with Crippen LogP contribution in [0.4, 0.5) is 5.69 Å². The first-order chi connectivity index (χ1) is 18.8. The Hall–Kier alpha value is -2.10. The Bertz CT molecular complexity index is 1090. The molecule has 7 nitrogen and oxygen atoms in total. The van der Waals surface area contributed by atoms with Gasteiger partial charge in [0.15, 0.2) is 0 Å². The number of likely N-dealkylation sites (tertiary alicyclic amines) is 1. The zero-order valence-corrected chi connectivity index (χ0v) is 25.3. The lowest BCUT2D eigenvalue weighted by Crippen LogP contribution is -2.57. The number of para-hydroxylation sites is 1. The largest absolute Gasteiger partial charge is 0.396 e. The number of alkyl halides is 1. The summed E-state index contributed by atoms with van der Waals surface area (Å²) in [6, 6.07) is 8.76. The van der Waals surface area contributed by atoms with Gasteiger partial charge in [-0.2, -0.15) is 0 Å². The molecular formula is C30H40BrN3O4S. The molecule has 7 atom stereocenters. The maximum absolute atomic E-state index is 14.4. The molecule has 1 spiro atoms. The van der Waals surface area contributed by atoms with E-state index in [1.54, 1.807) is 33.7 Å². The molecule has 0 saturated carbocycles. The van der Waals surface area contributed by atoms with Crippen molar-refractivity contribution < 1.29 is 19.5 Å². The van der Waals surface area contributed by atoms with Crippen molar-refractivity contribution in [1.82, 2.24) is 9.80 Å². The van der Waals surface area contributed by atoms with Gasteiger partial charge in [-0.1, -0.05) is 59.6 Å². The fourth-order valence-electron chi connectivity index (χ4n) is 6.77. The topological polar surface area (TPSA) is 81.2 Å². The summed E-state index contributed by atoms with van der Waals surface area (Å²) in [5, 5.41) is 9.51. The third-order valence-electron chi connectivity index (χ3n) is 8.36. The number of aliphatic hydroxyl groups excluding tert-OH is 1. The Kier molecular flexibility index (Phi) is 9.65. The van der Waals surface area contributed by atoms with Crippen LogP contribution in [0, 0.1) is 11.8 Å². The van der Waals surface area contributed by atoms with Gasteiger partial charge in [-0.05, 0) is 38.3 Å². The van der Waals surface area contributed by atoms with Crippen molar-refractivity contribution >= 4 is 51.1 Å². The zero-order valence-electron chi connectivity index (χ0n) is 22.9. The van der Waals surface area contributed by atoms with E-state index >= 15 is 0 Å². The van der Waals surface area contributed by atoms with E-state index in [4.69, 9.17) is 0 Å². The fourth-order valence-corrected chi connectivity index (χ4v) is 10.4. The number of halogens is 1. The minimum Gasteiger partial charge on any atom is -0.396 e. The minimum absolute atomic E-state index is 0.00383. The number of carbonyl (C=O) groups is 3. The average Bonchev–Trinajstić information content (AvgIpc) is 3.52. The number of amides is 3. The monoisotopic (exact) mass is 617 g/mol. The van der Waals surface area contributed by atoms with E-state index in [0.717, 1.165) is 18.5 Å². The third-order valence-corrected chi connectivity index (χ3v) is 11.6. The van der Waals surface area contributed by atoms with Gasteiger partial charge in [-0.3, -0.25) is 14.4 Å². The van der Waals surface area contributed by atoms with E-state index in [0.29, 0.717) is 25.9 Å². The van der Waals surface area contributed by atoms with Crippen LogP contribution in [0.1, 0.15) is 39.5 Å². The number of aliphatic hydroxyl groups is 1. The van der Waals surface area contributed by atoms with Crippen LogP contribution in [0.3, 0.4) is 0 Å². The molecule has 4 unspecified atom stereocenters. The molecule has 1 aromatic carbocycles. The van der Waals surface area contributed by atoms with Crippen LogP contribution in [0.25, 0.3) is 0 Å². The molecule has 3 fully saturated rings. The van der Waals surface area contributed by atoms with Crippen molar-refractivity contribution in [2.45, 2.75) is 66.4 Å². The fraction of sp³-hybridized carbons (Fsp3) is 0.567. The summed E-state index contributed by atoms with van der Waals surface area (Å²) < 4.78 is -0.718. The zero-order chi connectivity index (χ0) is 28.3. The maximum atomic E-state index is 14.4. The van der Waals surface area contributed by atoms with Gasteiger partial charge >= 0.3 is 0 Å². The first-order valence-corrected chi connectivity index (χ1v) is 15.7. The predicted octanol–water partition coefficient (Wildman–Crippen LogP) is 4.26. The van der Waals surface area contributed by atoms with Gasteiger partial charge in [0.05, 0.1) is 16.6 Å². The number of anilines is 1. The summed E-state index contributed by atoms with van der Waals surface area (Å²) >= 11 is 5.49. The summed E-state index contributed by atoms with van der Waals surface area (Å²) in [6.45, 7) is 12.8. The van der Waals surface area contributed by atoms with Crippen LogP contribution in [-0.2, 0) is 14.4 Å². The number of benzene rings is 1. The molecule has 0 aliphatic carbocycles. The minimum atomic E-state index is -0.718. The van der Waals surface area contributed by atoms with Crippen LogP contribution in [0.15, 0.2) is 55.6 Å². The lowest BCUT2D eigenvalue weighted by Gasteiger charge is -2.40. The van der Waals surface area contributed by atoms with E-state index in [1.165, 1.54) is 0 Å². The summed E-state index contributed by atoms with van der Waals surface area (Å²) in [4.78, 5) is 48.2. The summed E-state index contributed by atoms with van der Waals surface area (Å²) in [7, 11) is 0. The van der Waals surface area contributed by atoms with Gasteiger partial charge in [0.2, 0.25) is 17.7 Å². The molecule has 3 aliphatic heterocycles. The number of rotatable bonds is 13. The molecule has 9 heteroatoms. The second-order valence-corrected chi connectivity index (χ2v) is 13.5. The first kappa shape index (κ1) is 29.9. The first-order valence-electron chi connectivity index (χ1n) is 13.9. The van der Waals surface area contributed by atoms with Crippen LogP contribution < -0.4 is 4.90 Å². The van der Waals surface area contributed by atoms with E-state index in [-0.39, 0.29) is 47.0 Å². The van der Waals surface area contributed by atoms with Crippen LogP contribution in [-0.4, -0.2) is 85.8 Å². The molecule has 2 bridgehead atoms. The number of hydrogen-bond acceptors (Lipinski definition) is 5. The number of carbonyl (C=O) groups excluding carboxylic acids is 3. The van der Waals surface area contributed by atoms with E-state index in [9.17, 15) is 19.5 Å². The highest BCUT2D eigenvalue weighted by molar-refractivity contribution is 9.09. The van der Waals surface area contributed by atoms with Crippen molar-refractivity contribution in [3.8, 4) is 0 Å². The highest BCUT2D eigenvalue weighted by atomic mass is 79.9. The quantitative estimate of drug-likeness (QED) is 0.264. The summed E-state index contributed by atoms with van der Waals surface area (Å²) in [5.41, 5.74) is 0.760. The normalized spacial score (nSPS) is 29.7. The van der Waals surface area contributed by atoms with Gasteiger partial charge in [-0.25, -0.2) is 0 Å². The molecule has 3 amide bonds. The Morgan fingerprint density at radius 3 is 2.54 bits per heavy atom. The van der Waals surface area contributed by atoms with Crippen LogP contribution in [0.2, 0.25) is 0 Å². The molecule has 3 aliphatic rings. The second-order valence-electron chi connectivity index (χ2n) is 10.8. The molecular weight excluding hydrogens is 578 g/mol. The van der Waals surface area contributed by atoms with Gasteiger partial charge in [0.25, 0.3) is 0 Å². The number of thioether (sulfide) groups is 1. The van der Waals surface area contributed by atoms with Gasteiger partial charge in [0.1, 0.15) is 6.04 Å². The molecule has 3 saturated heterocycles. The predicted molar refractivity (Wildman–Crippen MR) is 161 cm³/mol. The van der Waals surface area contributed by atoms with E-state index in [2.05, 4.69) is 36.0 Å². The third kappa shape index (κ3) is 5.22. The molecule has 0 radical (unpaired) electrons. The SMILES string of the molecule is C=CCN(C(=O)[C@H]1[C@@H]2SC3(CC2Br)C(C(=O)N(CC=C)C(C)CCC)N(CCCO)C(=O)[C@H]13)c1ccccc1. The van der Waals surface area contributed by atoms with Crippen molar-refractivity contribution in [3.63, 3.8) is 0 Å². The Labute approximate surface area is 244 Å². The van der Waals surface area contributed by atoms with Gasteiger partial charge in [0, 0.05) is 48.0 Å². The van der Waals surface area contributed by atoms with E-state index < -0.39 is 22.6 Å². The molecule has 212 valence electrons. The molecule has 0 aromatic heterocycles. The standard InChI is InChI=1S/C30H40BrN3O4S/c1-5-12-20(4)32(15-6-2)29(38)26-30-19-22(31)25(39-30)23(24(30)28(37)34(26)17-11-18-35)27(36)33(16-7-3)21-13-9-8-10-14-21/h6-10,13-14,20,22-26,35H,2-3,5,11-12,15-19H2,1,4H3/t20?,22?,23-,24+,25-,26?,30?/m1/s1. The highest BCUT2D eigenvalue weighted by Gasteiger charge is 2.76. The van der Waals surface area contributed by atoms with Gasteiger partial charge < -0.3 is 19.8 Å². The number of nitrogens with zero attached hydrogens (tertiary/aromatic N) is 3. The van der Waals surface area contributed by atoms with Crippen LogP contribution in [0.5, 0.6) is 0 Å². The molecule has 4 rings (SSSR count). The lowest BCUT2D eigenvalue weighted by molar-refractivity contribution is -0.144. The van der Waals surface area contributed by atoms with Gasteiger partial charge in [-0.15, -0.1) is 24.9 Å². The second kappa shape index (κ2) is 12.6. The molecule has 39 heavy (non-hydrogen) atoms. The highest BCUT2D eigenvalue weighted by Crippen LogP contribution is 2.68. The smallest absolute Gasteiger partial charge is 0.247 e. The molecule has 3 heterocycles. The lowest BCUT2D eigenvalue weighted by atomic mass is 9.70. The Balaban J connectivity index is 1.77. The number of fused-ring (bicyclic) bond motifs is 1. The maximum Gasteiger partial charge on any atom is 0.247 e. The van der Waals surface area contributed by atoms with Crippen LogP contribution >= 0.6 is 27.7 Å². The van der Waals surface area contributed by atoms with Crippen molar-refractivity contribution in [2.75, 3.05) is 31.1 Å². The van der Waals surface area contributed by atoms with Crippen molar-refractivity contribution in [3.05, 3.63) is 55.6 Å². The summed E-state index contributed by atoms with van der Waals surface area (Å²) in [5.74, 6) is -1.53. The Morgan fingerprint density at radius 1 is 1.23 bits per heavy atom. The average molecular weight is 619 g/mol. The molecule has 1 aromatic rings. The number of hydrogen-bond donors (Lipinski definition) is 1. The van der Waals surface area contributed by atoms with Crippen molar-refractivity contribution in [1.29, 1.82) is 0 Å². The van der Waals surface area contributed by atoms with E-state index in [1.807, 2.05) is 42.2 Å².